The third-order valence-electron chi connectivity index (χ3n) is 6.35. The highest BCUT2D eigenvalue weighted by atomic mass is 32.1. The zero-order chi connectivity index (χ0) is 21.4. The van der Waals surface area contributed by atoms with E-state index in [1.165, 1.54) is 37.2 Å². The van der Waals surface area contributed by atoms with Crippen LogP contribution in [0.4, 0.5) is 0 Å². The Labute approximate surface area is 187 Å². The molecule has 170 valence electrons. The molecular weight excluding hydrogens is 392 g/mol. The molecule has 2 aliphatic rings. The fourth-order valence-electron chi connectivity index (χ4n) is 4.75. The van der Waals surface area contributed by atoms with Crippen LogP contribution in [-0.4, -0.2) is 56.3 Å². The molecule has 2 fully saturated rings. The van der Waals surface area contributed by atoms with Gasteiger partial charge in [0.1, 0.15) is 0 Å². The van der Waals surface area contributed by atoms with Crippen molar-refractivity contribution in [2.24, 2.45) is 22.2 Å². The van der Waals surface area contributed by atoms with E-state index < -0.39 is 0 Å². The zero-order valence-electron chi connectivity index (χ0n) is 19.5. The normalized spacial score (nSPS) is 24.7. The summed E-state index contributed by atoms with van der Waals surface area (Å²) >= 11 is 1.87. The van der Waals surface area contributed by atoms with Crippen LogP contribution in [0.1, 0.15) is 58.3 Å². The molecular formula is C24H42N4OS. The summed E-state index contributed by atoms with van der Waals surface area (Å²) in [6.45, 7) is 16.2. The van der Waals surface area contributed by atoms with Crippen LogP contribution in [0.15, 0.2) is 22.5 Å². The van der Waals surface area contributed by atoms with Gasteiger partial charge in [0.05, 0.1) is 6.10 Å². The first-order valence-corrected chi connectivity index (χ1v) is 12.7. The van der Waals surface area contributed by atoms with Gasteiger partial charge in [-0.3, -0.25) is 9.89 Å². The number of guanidine groups is 1. The molecule has 2 N–H and O–H groups in total. The van der Waals surface area contributed by atoms with Gasteiger partial charge in [0, 0.05) is 43.6 Å². The Morgan fingerprint density at radius 2 is 2.03 bits per heavy atom. The summed E-state index contributed by atoms with van der Waals surface area (Å²) in [5.41, 5.74) is 0.180. The van der Waals surface area contributed by atoms with Gasteiger partial charge in [-0.25, -0.2) is 0 Å². The topological polar surface area (TPSA) is 48.9 Å². The molecule has 1 aromatic rings. The number of hydrogen-bond donors (Lipinski definition) is 2. The van der Waals surface area contributed by atoms with Gasteiger partial charge in [-0.2, -0.15) is 0 Å². The van der Waals surface area contributed by atoms with E-state index in [2.05, 4.69) is 60.7 Å². The number of rotatable bonds is 7. The Morgan fingerprint density at radius 1 is 1.23 bits per heavy atom. The van der Waals surface area contributed by atoms with Crippen LogP contribution in [0.25, 0.3) is 0 Å². The van der Waals surface area contributed by atoms with Crippen LogP contribution in [-0.2, 0) is 11.3 Å². The van der Waals surface area contributed by atoms with Crippen LogP contribution >= 0.6 is 11.3 Å². The standard InChI is InChI=1S/C24H42N4OS/c1-5-25-23(27-17-20-8-6-14-29-22(20)24(2,3)4)26-16-19-10-12-28(13-11-19)18-21-9-7-15-30-21/h7,9,15,19-20,22H,5-6,8,10-14,16-18H2,1-4H3,(H2,25,26,27). The highest BCUT2D eigenvalue weighted by molar-refractivity contribution is 7.09. The fourth-order valence-corrected chi connectivity index (χ4v) is 5.50. The second-order valence-electron chi connectivity index (χ2n) is 9.96. The Morgan fingerprint density at radius 3 is 2.70 bits per heavy atom. The molecule has 30 heavy (non-hydrogen) atoms. The summed E-state index contributed by atoms with van der Waals surface area (Å²) < 4.78 is 6.15. The minimum absolute atomic E-state index is 0.180. The number of ether oxygens (including phenoxy) is 1. The lowest BCUT2D eigenvalue weighted by molar-refractivity contribution is -0.0835. The Hall–Kier alpha value is -1.11. The number of likely N-dealkylation sites (tertiary alicyclic amines) is 1. The summed E-state index contributed by atoms with van der Waals surface area (Å²) in [6.07, 6.45) is 5.20. The number of piperidine rings is 1. The highest BCUT2D eigenvalue weighted by Crippen LogP contribution is 2.33. The summed E-state index contributed by atoms with van der Waals surface area (Å²) in [5.74, 6) is 2.21. The molecule has 0 amide bonds. The molecule has 1 aromatic heterocycles. The van der Waals surface area contributed by atoms with E-state index >= 15 is 0 Å². The molecule has 6 heteroatoms. The summed E-state index contributed by atoms with van der Waals surface area (Å²) in [4.78, 5) is 9.01. The summed E-state index contributed by atoms with van der Waals surface area (Å²) in [6, 6.07) is 4.40. The lowest BCUT2D eigenvalue weighted by Crippen LogP contribution is -2.47. The quantitative estimate of drug-likeness (QED) is 0.495. The van der Waals surface area contributed by atoms with Crippen LogP contribution in [0.2, 0.25) is 0 Å². The van der Waals surface area contributed by atoms with E-state index in [9.17, 15) is 0 Å². The first-order chi connectivity index (χ1) is 14.5. The lowest BCUT2D eigenvalue weighted by Gasteiger charge is -2.40. The van der Waals surface area contributed by atoms with Crippen molar-refractivity contribution < 1.29 is 4.74 Å². The SMILES string of the molecule is CCNC(=NCC1CCN(Cc2cccs2)CC1)NCC1CCCOC1C(C)(C)C. The largest absolute Gasteiger partial charge is 0.377 e. The molecule has 2 aliphatic heterocycles. The molecule has 2 unspecified atom stereocenters. The minimum atomic E-state index is 0.180. The molecule has 0 aliphatic carbocycles. The molecule has 0 bridgehead atoms. The van der Waals surface area contributed by atoms with Crippen molar-refractivity contribution in [2.45, 2.75) is 66.0 Å². The Balaban J connectivity index is 1.45. The third-order valence-corrected chi connectivity index (χ3v) is 7.21. The van der Waals surface area contributed by atoms with Crippen LogP contribution in [0.5, 0.6) is 0 Å². The molecule has 3 rings (SSSR count). The number of nitrogens with zero attached hydrogens (tertiary/aromatic N) is 2. The average Bonchev–Trinajstić information content (AvgIpc) is 3.24. The fraction of sp³-hybridized carbons (Fsp3) is 0.792. The van der Waals surface area contributed by atoms with Crippen LogP contribution in [0, 0.1) is 17.3 Å². The van der Waals surface area contributed by atoms with E-state index in [0.717, 1.165) is 45.2 Å². The monoisotopic (exact) mass is 434 g/mol. The number of nitrogens with one attached hydrogen (secondary N) is 2. The van der Waals surface area contributed by atoms with Gasteiger partial charge in [0.2, 0.25) is 0 Å². The van der Waals surface area contributed by atoms with Crippen molar-refractivity contribution in [2.75, 3.05) is 39.3 Å². The van der Waals surface area contributed by atoms with Crippen molar-refractivity contribution in [3.63, 3.8) is 0 Å². The maximum Gasteiger partial charge on any atom is 0.191 e. The smallest absolute Gasteiger partial charge is 0.191 e. The van der Waals surface area contributed by atoms with Gasteiger partial charge >= 0.3 is 0 Å². The van der Waals surface area contributed by atoms with Gasteiger partial charge in [0.25, 0.3) is 0 Å². The van der Waals surface area contributed by atoms with Crippen LogP contribution < -0.4 is 10.6 Å². The summed E-state index contributed by atoms with van der Waals surface area (Å²) in [7, 11) is 0. The number of thiophene rings is 1. The van der Waals surface area contributed by atoms with Gasteiger partial charge < -0.3 is 15.4 Å². The first-order valence-electron chi connectivity index (χ1n) is 11.8. The van der Waals surface area contributed by atoms with E-state index in [1.54, 1.807) is 0 Å². The van der Waals surface area contributed by atoms with Gasteiger partial charge in [-0.05, 0) is 68.5 Å². The van der Waals surface area contributed by atoms with E-state index in [-0.39, 0.29) is 5.41 Å². The molecule has 0 aromatic carbocycles. The van der Waals surface area contributed by atoms with Gasteiger partial charge in [-0.15, -0.1) is 11.3 Å². The molecule has 0 radical (unpaired) electrons. The molecule has 3 heterocycles. The maximum absolute atomic E-state index is 6.15. The van der Waals surface area contributed by atoms with E-state index in [1.807, 2.05) is 11.3 Å². The molecule has 2 atom stereocenters. The Bertz CT molecular complexity index is 632. The average molecular weight is 435 g/mol. The maximum atomic E-state index is 6.15. The van der Waals surface area contributed by atoms with Crippen LogP contribution in [0.3, 0.4) is 0 Å². The predicted octanol–water partition coefficient (Wildman–Crippen LogP) is 4.36. The third kappa shape index (κ3) is 7.24. The lowest BCUT2D eigenvalue weighted by atomic mass is 9.78. The zero-order valence-corrected chi connectivity index (χ0v) is 20.3. The molecule has 0 saturated carbocycles. The second-order valence-corrected chi connectivity index (χ2v) is 11.0. The molecule has 5 nitrogen and oxygen atoms in total. The first kappa shape index (κ1) is 23.6. The predicted molar refractivity (Wildman–Crippen MR) is 128 cm³/mol. The minimum Gasteiger partial charge on any atom is -0.377 e. The Kier molecular flexibility index (Phi) is 9.02. The van der Waals surface area contributed by atoms with Crippen molar-refractivity contribution in [3.05, 3.63) is 22.4 Å². The van der Waals surface area contributed by atoms with E-state index in [0.29, 0.717) is 17.9 Å². The van der Waals surface area contributed by atoms with Crippen molar-refractivity contribution in [1.29, 1.82) is 0 Å². The molecule has 2 saturated heterocycles. The van der Waals surface area contributed by atoms with Crippen molar-refractivity contribution >= 4 is 17.3 Å². The van der Waals surface area contributed by atoms with Crippen molar-refractivity contribution in [3.8, 4) is 0 Å². The molecule has 0 spiro atoms. The second kappa shape index (κ2) is 11.5. The highest BCUT2D eigenvalue weighted by Gasteiger charge is 2.35. The van der Waals surface area contributed by atoms with E-state index in [4.69, 9.17) is 9.73 Å². The van der Waals surface area contributed by atoms with Crippen molar-refractivity contribution in [1.82, 2.24) is 15.5 Å². The number of hydrogen-bond acceptors (Lipinski definition) is 4. The van der Waals surface area contributed by atoms with Gasteiger partial charge in [0.15, 0.2) is 5.96 Å². The van der Waals surface area contributed by atoms with Gasteiger partial charge in [-0.1, -0.05) is 26.8 Å². The summed E-state index contributed by atoms with van der Waals surface area (Å²) in [5, 5.41) is 9.24. The number of aliphatic imine (C=N–C) groups is 1.